The number of carbonyl (C=O) groups is 1. The summed E-state index contributed by atoms with van der Waals surface area (Å²) in [6.45, 7) is 5.54. The summed E-state index contributed by atoms with van der Waals surface area (Å²) in [4.78, 5) is 12.1. The first-order valence-corrected chi connectivity index (χ1v) is 7.21. The number of hydrogen-bond acceptors (Lipinski definition) is 2. The highest BCUT2D eigenvalue weighted by molar-refractivity contribution is 5.83. The lowest BCUT2D eigenvalue weighted by Crippen LogP contribution is -2.33. The van der Waals surface area contributed by atoms with Crippen LogP contribution in [0.5, 0.6) is 0 Å². The highest BCUT2D eigenvalue weighted by atomic mass is 16.1. The number of nitrogens with one attached hydrogen (secondary N) is 1. The van der Waals surface area contributed by atoms with Gasteiger partial charge in [0.15, 0.2) is 0 Å². The molecule has 1 aromatic rings. The van der Waals surface area contributed by atoms with Gasteiger partial charge >= 0.3 is 0 Å². The molecule has 0 aliphatic rings. The Morgan fingerprint density at radius 2 is 1.95 bits per heavy atom. The van der Waals surface area contributed by atoms with E-state index >= 15 is 0 Å². The minimum absolute atomic E-state index is 0.0960. The summed E-state index contributed by atoms with van der Waals surface area (Å²) >= 11 is 0. The highest BCUT2D eigenvalue weighted by Crippen LogP contribution is 2.15. The molecule has 1 aromatic carbocycles. The predicted molar refractivity (Wildman–Crippen MR) is 79.9 cm³/mol. The summed E-state index contributed by atoms with van der Waals surface area (Å²) in [7, 11) is 0. The van der Waals surface area contributed by atoms with Crippen LogP contribution in [0.25, 0.3) is 0 Å². The molecule has 2 atom stereocenters. The molecule has 0 aliphatic heterocycles. The number of rotatable bonds is 8. The molecule has 0 heterocycles. The van der Waals surface area contributed by atoms with Crippen LogP contribution in [0.3, 0.4) is 0 Å². The van der Waals surface area contributed by atoms with Crippen molar-refractivity contribution in [1.82, 2.24) is 5.32 Å². The fraction of sp³-hybridized carbons (Fsp3) is 0.562. The predicted octanol–water partition coefficient (Wildman–Crippen LogP) is 2.67. The van der Waals surface area contributed by atoms with Gasteiger partial charge in [-0.3, -0.25) is 4.79 Å². The van der Waals surface area contributed by atoms with Gasteiger partial charge in [-0.25, -0.2) is 0 Å². The van der Waals surface area contributed by atoms with Gasteiger partial charge in [0.25, 0.3) is 0 Å². The lowest BCUT2D eigenvalue weighted by atomic mass is 9.98. The Morgan fingerprint density at radius 3 is 2.53 bits per heavy atom. The second kappa shape index (κ2) is 8.70. The lowest BCUT2D eigenvalue weighted by Gasteiger charge is -2.18. The zero-order valence-electron chi connectivity index (χ0n) is 12.1. The van der Waals surface area contributed by atoms with Crippen LogP contribution in [0.4, 0.5) is 0 Å². The first kappa shape index (κ1) is 15.7. The molecule has 19 heavy (non-hydrogen) atoms. The molecular formula is C16H26N2O. The van der Waals surface area contributed by atoms with Gasteiger partial charge in [-0.2, -0.15) is 0 Å². The van der Waals surface area contributed by atoms with Crippen molar-refractivity contribution >= 4 is 5.91 Å². The first-order valence-electron chi connectivity index (χ1n) is 7.21. The second-order valence-corrected chi connectivity index (χ2v) is 5.11. The molecule has 0 saturated carbocycles. The van der Waals surface area contributed by atoms with Crippen molar-refractivity contribution in [2.75, 3.05) is 13.1 Å². The van der Waals surface area contributed by atoms with E-state index in [1.54, 1.807) is 0 Å². The van der Waals surface area contributed by atoms with Crippen LogP contribution in [0.15, 0.2) is 30.3 Å². The van der Waals surface area contributed by atoms with Crippen molar-refractivity contribution in [2.45, 2.75) is 39.0 Å². The van der Waals surface area contributed by atoms with E-state index in [-0.39, 0.29) is 11.8 Å². The van der Waals surface area contributed by atoms with Crippen molar-refractivity contribution in [2.24, 2.45) is 11.7 Å². The Morgan fingerprint density at radius 1 is 1.26 bits per heavy atom. The van der Waals surface area contributed by atoms with Gasteiger partial charge in [0.05, 0.1) is 5.92 Å². The molecule has 0 aliphatic carbocycles. The van der Waals surface area contributed by atoms with E-state index in [4.69, 9.17) is 5.73 Å². The van der Waals surface area contributed by atoms with Crippen molar-refractivity contribution in [3.63, 3.8) is 0 Å². The molecule has 0 radical (unpaired) electrons. The maximum atomic E-state index is 12.1. The molecule has 0 bridgehead atoms. The third-order valence-electron chi connectivity index (χ3n) is 3.53. The van der Waals surface area contributed by atoms with Gasteiger partial charge in [0.1, 0.15) is 0 Å². The number of carbonyl (C=O) groups excluding carboxylic acids is 1. The minimum Gasteiger partial charge on any atom is -0.355 e. The first-order chi connectivity index (χ1) is 9.19. The van der Waals surface area contributed by atoms with Gasteiger partial charge in [0.2, 0.25) is 5.91 Å². The second-order valence-electron chi connectivity index (χ2n) is 5.11. The Kier molecular flexibility index (Phi) is 7.19. The van der Waals surface area contributed by atoms with E-state index in [0.717, 1.165) is 31.4 Å². The van der Waals surface area contributed by atoms with Gasteiger partial charge in [-0.15, -0.1) is 0 Å². The monoisotopic (exact) mass is 262 g/mol. The van der Waals surface area contributed by atoms with Gasteiger partial charge in [-0.05, 0) is 37.8 Å². The molecule has 3 N–H and O–H groups in total. The molecule has 1 rings (SSSR count). The molecule has 0 spiro atoms. The average molecular weight is 262 g/mol. The normalized spacial score (nSPS) is 13.8. The largest absolute Gasteiger partial charge is 0.355 e. The smallest absolute Gasteiger partial charge is 0.227 e. The van der Waals surface area contributed by atoms with Gasteiger partial charge in [-0.1, -0.05) is 43.7 Å². The molecule has 3 nitrogen and oxygen atoms in total. The molecule has 0 aromatic heterocycles. The number of amides is 1. The van der Waals surface area contributed by atoms with Gasteiger partial charge in [0, 0.05) is 6.54 Å². The number of nitrogens with two attached hydrogens (primary N) is 1. The zero-order valence-corrected chi connectivity index (χ0v) is 12.1. The van der Waals surface area contributed by atoms with E-state index in [1.807, 2.05) is 37.3 Å². The maximum absolute atomic E-state index is 12.1. The molecule has 1 amide bonds. The van der Waals surface area contributed by atoms with E-state index in [1.165, 1.54) is 0 Å². The Labute approximate surface area is 116 Å². The SMILES string of the molecule is CCCC(CCN)CNC(=O)C(C)c1ccccc1. The summed E-state index contributed by atoms with van der Waals surface area (Å²) in [5.41, 5.74) is 6.67. The Hall–Kier alpha value is -1.35. The van der Waals surface area contributed by atoms with Crippen molar-refractivity contribution < 1.29 is 4.79 Å². The molecule has 106 valence electrons. The highest BCUT2D eigenvalue weighted by Gasteiger charge is 2.16. The topological polar surface area (TPSA) is 55.1 Å². The van der Waals surface area contributed by atoms with E-state index in [2.05, 4.69) is 12.2 Å². The van der Waals surface area contributed by atoms with E-state index in [9.17, 15) is 4.79 Å². The maximum Gasteiger partial charge on any atom is 0.227 e. The van der Waals surface area contributed by atoms with Crippen molar-refractivity contribution in [3.05, 3.63) is 35.9 Å². The zero-order chi connectivity index (χ0) is 14.1. The number of hydrogen-bond donors (Lipinski definition) is 2. The molecule has 2 unspecified atom stereocenters. The van der Waals surface area contributed by atoms with Crippen LogP contribution in [-0.4, -0.2) is 19.0 Å². The fourth-order valence-corrected chi connectivity index (χ4v) is 2.28. The summed E-state index contributed by atoms with van der Waals surface area (Å²) in [5.74, 6) is 0.507. The molecule has 0 fully saturated rings. The molecule has 3 heteroatoms. The lowest BCUT2D eigenvalue weighted by molar-refractivity contribution is -0.122. The Bertz CT molecular complexity index is 358. The summed E-state index contributed by atoms with van der Waals surface area (Å²) < 4.78 is 0. The standard InChI is InChI=1S/C16H26N2O/c1-3-7-14(10-11-17)12-18-16(19)13(2)15-8-5-4-6-9-15/h4-6,8-9,13-14H,3,7,10-12,17H2,1-2H3,(H,18,19). The van der Waals surface area contributed by atoms with E-state index < -0.39 is 0 Å². The molecule has 0 saturated heterocycles. The van der Waals surface area contributed by atoms with Crippen LogP contribution in [0.2, 0.25) is 0 Å². The minimum atomic E-state index is -0.0960. The van der Waals surface area contributed by atoms with E-state index in [0.29, 0.717) is 12.5 Å². The molecular weight excluding hydrogens is 236 g/mol. The van der Waals surface area contributed by atoms with Crippen LogP contribution in [0.1, 0.15) is 44.6 Å². The summed E-state index contributed by atoms with van der Waals surface area (Å²) in [6.07, 6.45) is 3.24. The van der Waals surface area contributed by atoms with Crippen LogP contribution in [0, 0.1) is 5.92 Å². The average Bonchev–Trinajstić information content (AvgIpc) is 2.45. The van der Waals surface area contributed by atoms with Crippen molar-refractivity contribution in [1.29, 1.82) is 0 Å². The fourth-order valence-electron chi connectivity index (χ4n) is 2.28. The van der Waals surface area contributed by atoms with Crippen LogP contribution < -0.4 is 11.1 Å². The van der Waals surface area contributed by atoms with Gasteiger partial charge < -0.3 is 11.1 Å². The van der Waals surface area contributed by atoms with Crippen LogP contribution in [-0.2, 0) is 4.79 Å². The summed E-state index contributed by atoms with van der Waals surface area (Å²) in [5, 5.41) is 3.06. The van der Waals surface area contributed by atoms with Crippen LogP contribution >= 0.6 is 0 Å². The van der Waals surface area contributed by atoms with Crippen molar-refractivity contribution in [3.8, 4) is 0 Å². The third-order valence-corrected chi connectivity index (χ3v) is 3.53. The summed E-state index contributed by atoms with van der Waals surface area (Å²) in [6, 6.07) is 9.88. The third kappa shape index (κ3) is 5.43. The quantitative estimate of drug-likeness (QED) is 0.757. The number of benzene rings is 1. The Balaban J connectivity index is 2.45.